The number of rotatable bonds is 13. The molecule has 3 aromatic rings. The van der Waals surface area contributed by atoms with Crippen molar-refractivity contribution in [2.24, 2.45) is 0 Å². The molecule has 33 heavy (non-hydrogen) atoms. The Kier molecular flexibility index (Phi) is 9.24. The summed E-state index contributed by atoms with van der Waals surface area (Å²) in [4.78, 5) is 16.5. The van der Waals surface area contributed by atoms with Gasteiger partial charge in [0.05, 0.1) is 11.5 Å². The summed E-state index contributed by atoms with van der Waals surface area (Å²) in [6.07, 6.45) is 0. The molecule has 0 fully saturated rings. The smallest absolute Gasteiger partial charge is 0.257 e. The summed E-state index contributed by atoms with van der Waals surface area (Å²) >= 11 is 1.42. The van der Waals surface area contributed by atoms with Gasteiger partial charge in [0, 0.05) is 31.5 Å². The Morgan fingerprint density at radius 2 is 1.85 bits per heavy atom. The Morgan fingerprint density at radius 3 is 2.58 bits per heavy atom. The fraction of sp³-hybridized carbons (Fsp3) is 0.286. The van der Waals surface area contributed by atoms with Gasteiger partial charge in [-0.1, -0.05) is 42.1 Å². The van der Waals surface area contributed by atoms with E-state index in [-0.39, 0.29) is 30.6 Å². The molecular weight excluding hydrogens is 466 g/mol. The highest BCUT2D eigenvalue weighted by molar-refractivity contribution is 7.99. The maximum atomic E-state index is 12.1. The molecule has 0 aliphatic heterocycles. The standard InChI is InChI=1S/C21H25N5O5S2/c1-30-13-11-23-33(28,29)18-9-7-17(8-10-18)31-15-19(27)22-12-14-32-21-24-20(25-26-21)16-5-3-2-4-6-16/h2-10,23H,11-15H2,1H3,(H,22,27)(H,24,25,26). The van der Waals surface area contributed by atoms with Gasteiger partial charge in [0.2, 0.25) is 15.2 Å². The van der Waals surface area contributed by atoms with Gasteiger partial charge in [0.25, 0.3) is 5.91 Å². The van der Waals surface area contributed by atoms with Gasteiger partial charge in [-0.05, 0) is 24.3 Å². The van der Waals surface area contributed by atoms with Crippen molar-refractivity contribution in [3.8, 4) is 17.1 Å². The molecule has 12 heteroatoms. The Balaban J connectivity index is 1.36. The quantitative estimate of drug-likeness (QED) is 0.243. The van der Waals surface area contributed by atoms with Crippen LogP contribution in [-0.4, -0.2) is 68.7 Å². The predicted octanol–water partition coefficient (Wildman–Crippen LogP) is 1.68. The Bertz CT molecular complexity index is 1120. The first-order valence-corrected chi connectivity index (χ1v) is 12.5. The van der Waals surface area contributed by atoms with E-state index in [2.05, 4.69) is 25.2 Å². The van der Waals surface area contributed by atoms with Crippen molar-refractivity contribution in [2.45, 2.75) is 10.1 Å². The Hall–Kier alpha value is -2.93. The second kappa shape index (κ2) is 12.3. The molecule has 176 valence electrons. The molecule has 3 N–H and O–H groups in total. The van der Waals surface area contributed by atoms with E-state index in [9.17, 15) is 13.2 Å². The van der Waals surface area contributed by atoms with Crippen molar-refractivity contribution in [3.05, 3.63) is 54.6 Å². The number of thioether (sulfide) groups is 1. The summed E-state index contributed by atoms with van der Waals surface area (Å²) in [5.74, 6) is 1.40. The molecule has 0 radical (unpaired) electrons. The molecule has 0 aliphatic rings. The average molecular weight is 492 g/mol. The number of aromatic amines is 1. The minimum Gasteiger partial charge on any atom is -0.484 e. The van der Waals surface area contributed by atoms with E-state index in [1.165, 1.54) is 43.1 Å². The second-order valence-corrected chi connectivity index (χ2v) is 9.51. The number of methoxy groups -OCH3 is 1. The third kappa shape index (κ3) is 7.86. The topological polar surface area (TPSA) is 135 Å². The van der Waals surface area contributed by atoms with Crippen LogP contribution in [0.1, 0.15) is 0 Å². The maximum Gasteiger partial charge on any atom is 0.257 e. The lowest BCUT2D eigenvalue weighted by atomic mass is 10.2. The number of nitrogens with zero attached hydrogens (tertiary/aromatic N) is 2. The third-order valence-electron chi connectivity index (χ3n) is 4.27. The molecule has 2 aromatic carbocycles. The number of amides is 1. The minimum atomic E-state index is -3.61. The van der Waals surface area contributed by atoms with Gasteiger partial charge >= 0.3 is 0 Å². The zero-order valence-electron chi connectivity index (χ0n) is 18.0. The first kappa shape index (κ1) is 24.7. The average Bonchev–Trinajstić information content (AvgIpc) is 3.30. The summed E-state index contributed by atoms with van der Waals surface area (Å²) in [6.45, 7) is 0.703. The van der Waals surface area contributed by atoms with Crippen LogP contribution in [0, 0.1) is 0 Å². The van der Waals surface area contributed by atoms with Crippen LogP contribution in [0.15, 0.2) is 64.6 Å². The van der Waals surface area contributed by atoms with E-state index in [0.717, 1.165) is 5.56 Å². The Morgan fingerprint density at radius 1 is 1.09 bits per heavy atom. The van der Waals surface area contributed by atoms with Gasteiger partial charge in [-0.25, -0.2) is 18.1 Å². The van der Waals surface area contributed by atoms with Crippen LogP contribution in [-0.2, 0) is 19.6 Å². The monoisotopic (exact) mass is 491 g/mol. The van der Waals surface area contributed by atoms with Crippen LogP contribution in [0.3, 0.4) is 0 Å². The van der Waals surface area contributed by atoms with E-state index >= 15 is 0 Å². The molecular formula is C21H25N5O5S2. The van der Waals surface area contributed by atoms with Gasteiger partial charge in [-0.2, -0.15) is 0 Å². The summed E-state index contributed by atoms with van der Waals surface area (Å²) in [5.41, 5.74) is 0.954. The van der Waals surface area contributed by atoms with Crippen LogP contribution in [0.25, 0.3) is 11.4 Å². The lowest BCUT2D eigenvalue weighted by Gasteiger charge is -2.09. The number of aromatic nitrogens is 3. The maximum absolute atomic E-state index is 12.1. The molecule has 0 aliphatic carbocycles. The molecule has 0 saturated heterocycles. The van der Waals surface area contributed by atoms with Gasteiger partial charge in [-0.15, -0.1) is 5.10 Å². The highest BCUT2D eigenvalue weighted by atomic mass is 32.2. The van der Waals surface area contributed by atoms with Crippen LogP contribution in [0.4, 0.5) is 0 Å². The number of H-pyrrole nitrogens is 1. The van der Waals surface area contributed by atoms with E-state index in [1.807, 2.05) is 30.3 Å². The first-order valence-electron chi connectivity index (χ1n) is 10.1. The molecule has 10 nitrogen and oxygen atoms in total. The predicted molar refractivity (Wildman–Crippen MR) is 125 cm³/mol. The molecule has 0 unspecified atom stereocenters. The van der Waals surface area contributed by atoms with Gasteiger partial charge in [0.1, 0.15) is 5.75 Å². The molecule has 0 spiro atoms. The normalized spacial score (nSPS) is 11.3. The summed E-state index contributed by atoms with van der Waals surface area (Å²) in [7, 11) is -2.12. The molecule has 1 heterocycles. The number of hydrogen-bond donors (Lipinski definition) is 3. The van der Waals surface area contributed by atoms with Crippen molar-refractivity contribution in [1.29, 1.82) is 0 Å². The van der Waals surface area contributed by atoms with Crippen LogP contribution in [0.2, 0.25) is 0 Å². The molecule has 3 rings (SSSR count). The SMILES string of the molecule is COCCNS(=O)(=O)c1ccc(OCC(=O)NCCSc2n[nH]c(-c3ccccc3)n2)cc1. The molecule has 1 amide bonds. The lowest BCUT2D eigenvalue weighted by molar-refractivity contribution is -0.122. The largest absolute Gasteiger partial charge is 0.484 e. The van der Waals surface area contributed by atoms with Gasteiger partial charge < -0.3 is 14.8 Å². The summed E-state index contributed by atoms with van der Waals surface area (Å²) in [6, 6.07) is 15.5. The number of carbonyl (C=O) groups excluding carboxylic acids is 1. The van der Waals surface area contributed by atoms with Crippen molar-refractivity contribution >= 4 is 27.7 Å². The number of nitrogens with one attached hydrogen (secondary N) is 3. The number of benzene rings is 2. The number of ether oxygens (including phenoxy) is 2. The number of hydrogen-bond acceptors (Lipinski definition) is 8. The molecule has 0 saturated carbocycles. The van der Waals surface area contributed by atoms with Crippen LogP contribution < -0.4 is 14.8 Å². The zero-order chi connectivity index (χ0) is 23.5. The summed E-state index contributed by atoms with van der Waals surface area (Å²) in [5, 5.41) is 10.4. The number of carbonyl (C=O) groups is 1. The van der Waals surface area contributed by atoms with E-state index in [1.54, 1.807) is 0 Å². The fourth-order valence-electron chi connectivity index (χ4n) is 2.65. The van der Waals surface area contributed by atoms with Gasteiger partial charge in [0.15, 0.2) is 12.4 Å². The van der Waals surface area contributed by atoms with Crippen molar-refractivity contribution in [2.75, 3.05) is 39.2 Å². The second-order valence-electron chi connectivity index (χ2n) is 6.68. The lowest BCUT2D eigenvalue weighted by Crippen LogP contribution is -2.30. The highest BCUT2D eigenvalue weighted by Crippen LogP contribution is 2.18. The number of sulfonamides is 1. The molecule has 0 bridgehead atoms. The first-order chi connectivity index (χ1) is 16.0. The highest BCUT2D eigenvalue weighted by Gasteiger charge is 2.13. The zero-order valence-corrected chi connectivity index (χ0v) is 19.6. The van der Waals surface area contributed by atoms with E-state index < -0.39 is 10.0 Å². The van der Waals surface area contributed by atoms with E-state index in [0.29, 0.717) is 29.0 Å². The van der Waals surface area contributed by atoms with Crippen molar-refractivity contribution < 1.29 is 22.7 Å². The van der Waals surface area contributed by atoms with Gasteiger partial charge in [-0.3, -0.25) is 9.89 Å². The van der Waals surface area contributed by atoms with Crippen molar-refractivity contribution in [3.63, 3.8) is 0 Å². The fourth-order valence-corrected chi connectivity index (χ4v) is 4.31. The van der Waals surface area contributed by atoms with Crippen LogP contribution >= 0.6 is 11.8 Å². The van der Waals surface area contributed by atoms with Crippen molar-refractivity contribution in [1.82, 2.24) is 25.2 Å². The summed E-state index contributed by atoms with van der Waals surface area (Å²) < 4.78 is 36.9. The van der Waals surface area contributed by atoms with E-state index in [4.69, 9.17) is 9.47 Å². The minimum absolute atomic E-state index is 0.106. The molecule has 0 atom stereocenters. The third-order valence-corrected chi connectivity index (χ3v) is 6.60. The molecule has 1 aromatic heterocycles. The Labute approximate surface area is 196 Å². The van der Waals surface area contributed by atoms with Crippen LogP contribution in [0.5, 0.6) is 5.75 Å².